The van der Waals surface area contributed by atoms with Gasteiger partial charge >= 0.3 is 6.09 Å². The second kappa shape index (κ2) is 8.38. The first-order valence-corrected chi connectivity index (χ1v) is 9.32. The van der Waals surface area contributed by atoms with Gasteiger partial charge < -0.3 is 20.5 Å². The number of nitrogens with two attached hydrogens (primary N) is 1. The minimum Gasteiger partial charge on any atom is -0.491 e. The van der Waals surface area contributed by atoms with Gasteiger partial charge in [-0.25, -0.2) is 9.18 Å². The lowest BCUT2D eigenvalue weighted by atomic mass is 10.0. The number of amides is 1. The molecule has 0 aliphatic rings. The number of alkyl carbamates (subject to hydrolysis) is 1. The summed E-state index contributed by atoms with van der Waals surface area (Å²) >= 11 is 0. The van der Waals surface area contributed by atoms with E-state index in [1.807, 2.05) is 18.2 Å². The summed E-state index contributed by atoms with van der Waals surface area (Å²) in [5.41, 5.74) is 7.98. The standard InChI is InChI=1S/C21H25FN4O3/c1-21(2,3)29-20(27)24-8-9-28-18-12-15(22)6-5-14(18)10-13-4-7-17-16(11-13)19(23)26-25-17/h4-7,11-12H,8-10H2,1-3H3,(H,24,27)(H3,23,25,26). The van der Waals surface area contributed by atoms with Crippen molar-refractivity contribution in [3.8, 4) is 5.75 Å². The van der Waals surface area contributed by atoms with Gasteiger partial charge in [0.15, 0.2) is 5.82 Å². The zero-order valence-corrected chi connectivity index (χ0v) is 16.7. The van der Waals surface area contributed by atoms with E-state index in [2.05, 4.69) is 15.5 Å². The number of carbonyl (C=O) groups is 1. The molecular formula is C21H25FN4O3. The van der Waals surface area contributed by atoms with E-state index in [-0.39, 0.29) is 13.2 Å². The molecule has 0 unspecified atom stereocenters. The molecule has 7 nitrogen and oxygen atoms in total. The van der Waals surface area contributed by atoms with Crippen LogP contribution in [0.5, 0.6) is 5.75 Å². The lowest BCUT2D eigenvalue weighted by molar-refractivity contribution is 0.0520. The fraction of sp³-hybridized carbons (Fsp3) is 0.333. The SMILES string of the molecule is CC(C)(C)OC(=O)NCCOc1cc(F)ccc1Cc1ccc2[nH]nc(N)c2c1. The average molecular weight is 400 g/mol. The fourth-order valence-corrected chi connectivity index (χ4v) is 2.85. The maximum Gasteiger partial charge on any atom is 0.407 e. The number of nitrogens with one attached hydrogen (secondary N) is 2. The summed E-state index contributed by atoms with van der Waals surface area (Å²) in [5.74, 6) is 0.472. The largest absolute Gasteiger partial charge is 0.491 e. The van der Waals surface area contributed by atoms with Crippen LogP contribution in [0.1, 0.15) is 31.9 Å². The van der Waals surface area contributed by atoms with Crippen molar-refractivity contribution in [3.05, 3.63) is 53.3 Å². The van der Waals surface area contributed by atoms with Gasteiger partial charge in [-0.1, -0.05) is 12.1 Å². The lowest BCUT2D eigenvalue weighted by Gasteiger charge is -2.19. The number of rotatable bonds is 6. The molecule has 1 heterocycles. The van der Waals surface area contributed by atoms with E-state index in [1.165, 1.54) is 12.1 Å². The Morgan fingerprint density at radius 1 is 1.24 bits per heavy atom. The third-order valence-corrected chi connectivity index (χ3v) is 4.11. The highest BCUT2D eigenvalue weighted by Gasteiger charge is 2.15. The second-order valence-electron chi connectivity index (χ2n) is 7.69. The third-order valence-electron chi connectivity index (χ3n) is 4.11. The van der Waals surface area contributed by atoms with E-state index >= 15 is 0 Å². The van der Waals surface area contributed by atoms with Gasteiger partial charge in [0, 0.05) is 17.9 Å². The van der Waals surface area contributed by atoms with Crippen LogP contribution in [-0.4, -0.2) is 35.0 Å². The van der Waals surface area contributed by atoms with Gasteiger partial charge in [0.2, 0.25) is 0 Å². The molecule has 3 rings (SSSR count). The van der Waals surface area contributed by atoms with Crippen LogP contribution in [0.25, 0.3) is 10.9 Å². The molecule has 8 heteroatoms. The molecule has 4 N–H and O–H groups in total. The summed E-state index contributed by atoms with van der Waals surface area (Å²) in [4.78, 5) is 11.7. The summed E-state index contributed by atoms with van der Waals surface area (Å²) < 4.78 is 24.6. The van der Waals surface area contributed by atoms with Gasteiger partial charge in [-0.05, 0) is 50.1 Å². The molecular weight excluding hydrogens is 375 g/mol. The molecule has 1 amide bonds. The summed E-state index contributed by atoms with van der Waals surface area (Å²) in [6.45, 7) is 5.79. The molecule has 0 bridgehead atoms. The number of carbonyl (C=O) groups excluding carboxylic acids is 1. The Morgan fingerprint density at radius 3 is 2.79 bits per heavy atom. The highest BCUT2D eigenvalue weighted by atomic mass is 19.1. The van der Waals surface area contributed by atoms with E-state index in [4.69, 9.17) is 15.2 Å². The Bertz CT molecular complexity index is 1010. The zero-order valence-electron chi connectivity index (χ0n) is 16.7. The van der Waals surface area contributed by atoms with E-state index in [0.717, 1.165) is 22.0 Å². The van der Waals surface area contributed by atoms with Gasteiger partial charge in [0.05, 0.1) is 12.1 Å². The van der Waals surface area contributed by atoms with Gasteiger partial charge in [-0.2, -0.15) is 5.10 Å². The number of hydrogen-bond donors (Lipinski definition) is 3. The van der Waals surface area contributed by atoms with Crippen LogP contribution in [-0.2, 0) is 11.2 Å². The Kier molecular flexibility index (Phi) is 5.91. The normalized spacial score (nSPS) is 11.4. The van der Waals surface area contributed by atoms with Gasteiger partial charge in [-0.15, -0.1) is 0 Å². The Hall–Kier alpha value is -3.29. The Labute approximate surface area is 168 Å². The summed E-state index contributed by atoms with van der Waals surface area (Å²) in [7, 11) is 0. The number of hydrogen-bond acceptors (Lipinski definition) is 5. The number of benzene rings is 2. The fourth-order valence-electron chi connectivity index (χ4n) is 2.85. The van der Waals surface area contributed by atoms with Crippen LogP contribution in [0.2, 0.25) is 0 Å². The number of H-pyrrole nitrogens is 1. The number of aromatic amines is 1. The number of halogens is 1. The minimum absolute atomic E-state index is 0.184. The molecule has 29 heavy (non-hydrogen) atoms. The smallest absolute Gasteiger partial charge is 0.407 e. The molecule has 0 spiro atoms. The second-order valence-corrected chi connectivity index (χ2v) is 7.69. The maximum atomic E-state index is 13.7. The van der Waals surface area contributed by atoms with Crippen LogP contribution in [0.15, 0.2) is 36.4 Å². The molecule has 0 fully saturated rings. The van der Waals surface area contributed by atoms with Crippen LogP contribution in [0.4, 0.5) is 15.0 Å². The molecule has 1 aromatic heterocycles. The lowest BCUT2D eigenvalue weighted by Crippen LogP contribution is -2.34. The van der Waals surface area contributed by atoms with Gasteiger partial charge in [0.25, 0.3) is 0 Å². The number of aromatic nitrogens is 2. The zero-order chi connectivity index (χ0) is 21.0. The van der Waals surface area contributed by atoms with Crippen LogP contribution in [0, 0.1) is 5.82 Å². The molecule has 0 aliphatic carbocycles. The van der Waals surface area contributed by atoms with Crippen LogP contribution < -0.4 is 15.8 Å². The first kappa shape index (κ1) is 20.4. The first-order chi connectivity index (χ1) is 13.7. The van der Waals surface area contributed by atoms with E-state index in [9.17, 15) is 9.18 Å². The quantitative estimate of drug-likeness (QED) is 0.547. The van der Waals surface area contributed by atoms with Crippen molar-refractivity contribution in [1.29, 1.82) is 0 Å². The number of fused-ring (bicyclic) bond motifs is 1. The van der Waals surface area contributed by atoms with E-state index in [0.29, 0.717) is 18.0 Å². The molecule has 0 radical (unpaired) electrons. The number of nitrogens with zero attached hydrogens (tertiary/aromatic N) is 1. The summed E-state index contributed by atoms with van der Waals surface area (Å²) in [5, 5.41) is 10.3. The summed E-state index contributed by atoms with van der Waals surface area (Å²) in [6, 6.07) is 10.2. The molecule has 3 aromatic rings. The molecule has 0 saturated heterocycles. The molecule has 154 valence electrons. The third kappa shape index (κ3) is 5.60. The van der Waals surface area contributed by atoms with Gasteiger partial charge in [-0.3, -0.25) is 5.10 Å². The minimum atomic E-state index is -0.569. The van der Waals surface area contributed by atoms with Crippen LogP contribution >= 0.6 is 0 Å². The van der Waals surface area contributed by atoms with Crippen molar-refractivity contribution in [1.82, 2.24) is 15.5 Å². The molecule has 2 aromatic carbocycles. The monoisotopic (exact) mass is 400 g/mol. The van der Waals surface area contributed by atoms with E-state index < -0.39 is 17.5 Å². The first-order valence-electron chi connectivity index (χ1n) is 9.32. The van der Waals surface area contributed by atoms with Crippen molar-refractivity contribution in [2.75, 3.05) is 18.9 Å². The highest BCUT2D eigenvalue weighted by molar-refractivity contribution is 5.89. The Balaban J connectivity index is 1.64. The average Bonchev–Trinajstić information content (AvgIpc) is 3.00. The van der Waals surface area contributed by atoms with Crippen molar-refractivity contribution < 1.29 is 18.7 Å². The topological polar surface area (TPSA) is 102 Å². The van der Waals surface area contributed by atoms with Crippen molar-refractivity contribution in [2.45, 2.75) is 32.8 Å². The number of anilines is 1. The number of nitrogen functional groups attached to an aromatic ring is 1. The predicted molar refractivity (Wildman–Crippen MR) is 109 cm³/mol. The molecule has 0 saturated carbocycles. The van der Waals surface area contributed by atoms with Gasteiger partial charge in [0.1, 0.15) is 23.8 Å². The van der Waals surface area contributed by atoms with Crippen LogP contribution in [0.3, 0.4) is 0 Å². The Morgan fingerprint density at radius 2 is 2.03 bits per heavy atom. The van der Waals surface area contributed by atoms with Crippen molar-refractivity contribution >= 4 is 22.8 Å². The molecule has 0 atom stereocenters. The molecule has 0 aliphatic heterocycles. The summed E-state index contributed by atoms with van der Waals surface area (Å²) in [6.07, 6.45) is 0.0157. The highest BCUT2D eigenvalue weighted by Crippen LogP contribution is 2.26. The maximum absolute atomic E-state index is 13.7. The number of ether oxygens (including phenoxy) is 2. The predicted octanol–water partition coefficient (Wildman–Crippen LogP) is 3.78. The van der Waals surface area contributed by atoms with Crippen molar-refractivity contribution in [3.63, 3.8) is 0 Å². The van der Waals surface area contributed by atoms with Crippen molar-refractivity contribution in [2.24, 2.45) is 0 Å². The van der Waals surface area contributed by atoms with E-state index in [1.54, 1.807) is 26.8 Å².